The fourth-order valence-corrected chi connectivity index (χ4v) is 0.835. The Labute approximate surface area is 100 Å². The average molecular weight is 248 g/mol. The van der Waals surface area contributed by atoms with Gasteiger partial charge >= 0.3 is 11.9 Å². The summed E-state index contributed by atoms with van der Waals surface area (Å²) in [5.74, 6) is -2.44. The van der Waals surface area contributed by atoms with Crippen molar-refractivity contribution < 1.29 is 30.0 Å². The predicted molar refractivity (Wildman–Crippen MR) is 61.4 cm³/mol. The summed E-state index contributed by atoms with van der Waals surface area (Å²) in [7, 11) is 0. The van der Waals surface area contributed by atoms with Gasteiger partial charge < -0.3 is 20.4 Å². The Morgan fingerprint density at radius 3 is 1.94 bits per heavy atom. The van der Waals surface area contributed by atoms with E-state index in [1.807, 2.05) is 0 Å². The minimum absolute atomic E-state index is 0.303. The normalized spacial score (nSPS) is 9.41. The maximum atomic E-state index is 9.87. The van der Waals surface area contributed by atoms with Crippen molar-refractivity contribution in [3.63, 3.8) is 0 Å². The molecule has 6 nitrogen and oxygen atoms in total. The fourth-order valence-electron chi connectivity index (χ4n) is 0.835. The molecule has 0 heterocycles. The van der Waals surface area contributed by atoms with Crippen LogP contribution >= 0.6 is 0 Å². The molecule has 0 radical (unpaired) electrons. The zero-order valence-corrected chi connectivity index (χ0v) is 9.93. The second-order valence-corrected chi connectivity index (χ2v) is 3.46. The van der Waals surface area contributed by atoms with E-state index >= 15 is 0 Å². The van der Waals surface area contributed by atoms with Crippen LogP contribution < -0.4 is 0 Å². The molecule has 0 aliphatic heterocycles. The molecule has 0 aromatic heterocycles. The maximum Gasteiger partial charge on any atom is 0.331 e. The second-order valence-electron chi connectivity index (χ2n) is 3.46. The molecule has 0 aromatic rings. The number of aliphatic hydroxyl groups excluding tert-OH is 1. The van der Waals surface area contributed by atoms with Crippen LogP contribution in [-0.4, -0.2) is 38.7 Å². The Morgan fingerprint density at radius 2 is 1.71 bits per heavy atom. The number of aliphatic carboxylic acids is 2. The van der Waals surface area contributed by atoms with Crippen LogP contribution in [0.15, 0.2) is 12.2 Å². The number of carboxylic acid groups (broad SMARTS) is 2. The topological polar surface area (TPSA) is 115 Å². The van der Waals surface area contributed by atoms with Gasteiger partial charge in [0.05, 0.1) is 6.42 Å². The molecule has 0 atom stereocenters. The van der Waals surface area contributed by atoms with E-state index in [-0.39, 0.29) is 5.57 Å². The van der Waals surface area contributed by atoms with Crippen LogP contribution in [0.3, 0.4) is 0 Å². The Balaban J connectivity index is 0. The molecule has 0 aliphatic rings. The van der Waals surface area contributed by atoms with Gasteiger partial charge in [0, 0.05) is 5.57 Å². The number of rotatable bonds is 7. The van der Waals surface area contributed by atoms with Crippen molar-refractivity contribution in [3.05, 3.63) is 12.2 Å². The molecule has 100 valence electrons. The molecule has 0 spiro atoms. The molecule has 0 amide bonds. The third-order valence-corrected chi connectivity index (χ3v) is 1.73. The summed E-state index contributed by atoms with van der Waals surface area (Å²) in [4.78, 5) is 19.7. The van der Waals surface area contributed by atoms with E-state index in [2.05, 4.69) is 13.5 Å². The lowest BCUT2D eigenvalue weighted by molar-refractivity contribution is -0.139. The summed E-state index contributed by atoms with van der Waals surface area (Å²) in [6.07, 6.45) is 2.07. The first-order chi connectivity index (χ1) is 7.81. The maximum absolute atomic E-state index is 9.87. The molecule has 0 saturated heterocycles. The Bertz CT molecular complexity index is 246. The van der Waals surface area contributed by atoms with Gasteiger partial charge in [0.2, 0.25) is 0 Å². The Morgan fingerprint density at radius 1 is 1.18 bits per heavy atom. The lowest BCUT2D eigenvalue weighted by Gasteiger charge is -1.99. The minimum Gasteiger partial charge on any atom is -0.481 e. The van der Waals surface area contributed by atoms with Crippen molar-refractivity contribution in [1.29, 1.82) is 0 Å². The third-order valence-electron chi connectivity index (χ3n) is 1.73. The first-order valence-corrected chi connectivity index (χ1v) is 5.30. The minimum atomic E-state index is -1.27. The largest absolute Gasteiger partial charge is 0.481 e. The van der Waals surface area contributed by atoms with Crippen LogP contribution in [0.25, 0.3) is 0 Å². The van der Waals surface area contributed by atoms with E-state index < -0.39 is 24.6 Å². The van der Waals surface area contributed by atoms with Gasteiger partial charge in [-0.3, -0.25) is 4.79 Å². The van der Waals surface area contributed by atoms with Crippen molar-refractivity contribution in [3.8, 4) is 0 Å². The predicted octanol–water partition coefficient (Wildman–Crippen LogP) is 0.979. The van der Waals surface area contributed by atoms with Gasteiger partial charge in [0.1, 0.15) is 0 Å². The number of hydrogen-bond donors (Lipinski definition) is 4. The molecule has 0 saturated carbocycles. The number of carbonyl (C=O) groups is 2. The number of carboxylic acids is 2. The summed E-state index contributed by atoms with van der Waals surface area (Å²) in [6, 6.07) is 0. The van der Waals surface area contributed by atoms with E-state index in [0.717, 1.165) is 19.3 Å². The van der Waals surface area contributed by atoms with Gasteiger partial charge in [-0.05, 0) is 12.8 Å². The second kappa shape index (κ2) is 11.1. The monoisotopic (exact) mass is 248 g/mol. The number of hydrogen-bond acceptors (Lipinski definition) is 4. The highest BCUT2D eigenvalue weighted by Crippen LogP contribution is 2.00. The van der Waals surface area contributed by atoms with Crippen LogP contribution in [0, 0.1) is 0 Å². The first-order valence-electron chi connectivity index (χ1n) is 5.30. The molecule has 6 heteroatoms. The van der Waals surface area contributed by atoms with Gasteiger partial charge in [0.15, 0.2) is 6.29 Å². The van der Waals surface area contributed by atoms with Crippen LogP contribution in [0.4, 0.5) is 0 Å². The number of unbranched alkanes of at least 4 members (excludes halogenated alkanes) is 2. The molecule has 0 bridgehead atoms. The van der Waals surface area contributed by atoms with Crippen molar-refractivity contribution in [1.82, 2.24) is 0 Å². The summed E-state index contributed by atoms with van der Waals surface area (Å²) >= 11 is 0. The van der Waals surface area contributed by atoms with Gasteiger partial charge in [-0.25, -0.2) is 4.79 Å². The van der Waals surface area contributed by atoms with Gasteiger partial charge in [-0.2, -0.15) is 0 Å². The smallest absolute Gasteiger partial charge is 0.331 e. The highest BCUT2D eigenvalue weighted by molar-refractivity contribution is 5.91. The zero-order valence-electron chi connectivity index (χ0n) is 9.93. The van der Waals surface area contributed by atoms with Crippen LogP contribution in [0.5, 0.6) is 0 Å². The highest BCUT2D eigenvalue weighted by Gasteiger charge is 2.07. The molecule has 0 rings (SSSR count). The number of aliphatic hydroxyl groups is 2. The zero-order chi connectivity index (χ0) is 13.8. The van der Waals surface area contributed by atoms with Gasteiger partial charge in [0.25, 0.3) is 0 Å². The molecule has 0 fully saturated rings. The summed E-state index contributed by atoms with van der Waals surface area (Å²) in [5, 5.41) is 32.7. The average Bonchev–Trinajstić information content (AvgIpc) is 2.17. The van der Waals surface area contributed by atoms with Crippen LogP contribution in [0.2, 0.25) is 0 Å². The van der Waals surface area contributed by atoms with Crippen LogP contribution in [-0.2, 0) is 9.59 Å². The van der Waals surface area contributed by atoms with Crippen molar-refractivity contribution in [2.75, 3.05) is 0 Å². The molecular formula is C11H20O6. The van der Waals surface area contributed by atoms with E-state index in [1.54, 1.807) is 0 Å². The summed E-state index contributed by atoms with van der Waals surface area (Å²) < 4.78 is 0. The Kier molecular flexibility index (Phi) is 11.7. The van der Waals surface area contributed by atoms with Crippen molar-refractivity contribution >= 4 is 11.9 Å². The van der Waals surface area contributed by atoms with Crippen LogP contribution in [0.1, 0.15) is 39.0 Å². The molecule has 0 aromatic carbocycles. The standard InChI is InChI=1S/C6H14O2.C5H6O4/c1-2-3-4-5-6(7)8;1-3(5(8)9)2-4(6)7/h6-8H,2-5H2,1H3;1-2H2,(H,6,7)(H,8,9). The van der Waals surface area contributed by atoms with E-state index in [1.165, 1.54) is 0 Å². The van der Waals surface area contributed by atoms with Gasteiger partial charge in [-0.15, -0.1) is 0 Å². The molecule has 4 N–H and O–H groups in total. The lowest BCUT2D eigenvalue weighted by Crippen LogP contribution is -2.04. The summed E-state index contributed by atoms with van der Waals surface area (Å²) in [6.45, 7) is 5.10. The van der Waals surface area contributed by atoms with Gasteiger partial charge in [-0.1, -0.05) is 26.3 Å². The van der Waals surface area contributed by atoms with E-state index in [4.69, 9.17) is 20.4 Å². The lowest BCUT2D eigenvalue weighted by atomic mass is 10.2. The Hall–Kier alpha value is -1.40. The van der Waals surface area contributed by atoms with Crippen molar-refractivity contribution in [2.24, 2.45) is 0 Å². The first kappa shape index (κ1) is 18.0. The third kappa shape index (κ3) is 17.2. The van der Waals surface area contributed by atoms with E-state index in [0.29, 0.717) is 6.42 Å². The summed E-state index contributed by atoms with van der Waals surface area (Å²) in [5.41, 5.74) is -0.303. The molecule has 0 unspecified atom stereocenters. The quantitative estimate of drug-likeness (QED) is 0.303. The molecular weight excluding hydrogens is 228 g/mol. The molecule has 0 aliphatic carbocycles. The molecule has 17 heavy (non-hydrogen) atoms. The van der Waals surface area contributed by atoms with E-state index in [9.17, 15) is 9.59 Å². The highest BCUT2D eigenvalue weighted by atomic mass is 16.5. The van der Waals surface area contributed by atoms with Crippen molar-refractivity contribution in [2.45, 2.75) is 45.3 Å². The fraction of sp³-hybridized carbons (Fsp3) is 0.636. The SMILES string of the molecule is C=C(CC(=O)O)C(=O)O.CCCCCC(O)O.